The van der Waals surface area contributed by atoms with Crippen LogP contribution in [0.4, 0.5) is 0 Å². The summed E-state index contributed by atoms with van der Waals surface area (Å²) in [6.45, 7) is 1.61. The van der Waals surface area contributed by atoms with Crippen molar-refractivity contribution in [1.82, 2.24) is 0 Å². The van der Waals surface area contributed by atoms with Crippen molar-refractivity contribution in [2.45, 2.75) is 64.4 Å². The van der Waals surface area contributed by atoms with Crippen molar-refractivity contribution in [3.8, 4) is 0 Å². The van der Waals surface area contributed by atoms with Gasteiger partial charge in [0.05, 0.1) is 12.7 Å². The zero-order valence-corrected chi connectivity index (χ0v) is 15.7. The minimum atomic E-state index is -0.657. The van der Waals surface area contributed by atoms with Crippen LogP contribution in [-0.4, -0.2) is 46.2 Å². The number of hydrogen-bond acceptors (Lipinski definition) is 5. The standard InChI is InChI=1S/C21H32O5/c1-20-7-6-13(24)8-12(20)2-3-14-15-4-5-16(18(26)10-22)21(15,11-23)9-17(25)19(14)20/h12-16,19,22-24H,2-11H2,1H3. The van der Waals surface area contributed by atoms with E-state index in [1.165, 1.54) is 0 Å². The van der Waals surface area contributed by atoms with E-state index >= 15 is 0 Å². The van der Waals surface area contributed by atoms with Gasteiger partial charge in [0.15, 0.2) is 5.78 Å². The average molecular weight is 364 g/mol. The molecule has 4 saturated carbocycles. The molecule has 0 aliphatic heterocycles. The van der Waals surface area contributed by atoms with Gasteiger partial charge in [0, 0.05) is 23.7 Å². The predicted molar refractivity (Wildman–Crippen MR) is 95.1 cm³/mol. The highest BCUT2D eigenvalue weighted by Crippen LogP contribution is 2.66. The van der Waals surface area contributed by atoms with Crippen LogP contribution in [0.3, 0.4) is 0 Å². The van der Waals surface area contributed by atoms with Crippen molar-refractivity contribution in [1.29, 1.82) is 0 Å². The van der Waals surface area contributed by atoms with E-state index in [2.05, 4.69) is 6.92 Å². The van der Waals surface area contributed by atoms with E-state index in [1.54, 1.807) is 0 Å². The van der Waals surface area contributed by atoms with Crippen molar-refractivity contribution in [3.05, 3.63) is 0 Å². The Morgan fingerprint density at radius 1 is 1.15 bits per heavy atom. The quantitative estimate of drug-likeness (QED) is 0.709. The van der Waals surface area contributed by atoms with Gasteiger partial charge < -0.3 is 15.3 Å². The van der Waals surface area contributed by atoms with Crippen molar-refractivity contribution in [2.75, 3.05) is 13.2 Å². The van der Waals surface area contributed by atoms with Crippen LogP contribution in [-0.2, 0) is 9.59 Å². The number of aliphatic hydroxyl groups excluding tert-OH is 3. The summed E-state index contributed by atoms with van der Waals surface area (Å²) in [5.41, 5.74) is -0.713. The highest BCUT2D eigenvalue weighted by Gasteiger charge is 2.65. The van der Waals surface area contributed by atoms with E-state index < -0.39 is 12.0 Å². The molecular formula is C21H32O5. The van der Waals surface area contributed by atoms with Crippen LogP contribution in [0.2, 0.25) is 0 Å². The van der Waals surface area contributed by atoms with Gasteiger partial charge in [0.25, 0.3) is 0 Å². The van der Waals surface area contributed by atoms with Crippen LogP contribution in [0.5, 0.6) is 0 Å². The molecule has 26 heavy (non-hydrogen) atoms. The molecule has 0 saturated heterocycles. The smallest absolute Gasteiger partial charge is 0.161 e. The Bertz CT molecular complexity index is 603. The SMILES string of the molecule is CC12CCC(O)CC1CCC1C2C(=O)CC2(CO)C(C(=O)CO)CCC12. The molecule has 0 aromatic rings. The zero-order valence-electron chi connectivity index (χ0n) is 15.7. The van der Waals surface area contributed by atoms with Gasteiger partial charge in [-0.25, -0.2) is 0 Å². The Kier molecular flexibility index (Phi) is 4.56. The molecule has 0 aromatic heterocycles. The highest BCUT2D eigenvalue weighted by atomic mass is 16.3. The van der Waals surface area contributed by atoms with Crippen molar-refractivity contribution < 1.29 is 24.9 Å². The first-order valence-corrected chi connectivity index (χ1v) is 10.3. The third-order valence-electron chi connectivity index (χ3n) is 8.90. The second kappa shape index (κ2) is 6.39. The van der Waals surface area contributed by atoms with Crippen LogP contribution in [0.15, 0.2) is 0 Å². The number of carbonyl (C=O) groups is 2. The molecule has 0 radical (unpaired) electrons. The predicted octanol–water partition coefficient (Wildman–Crippen LogP) is 1.72. The molecule has 0 heterocycles. The number of fused-ring (bicyclic) bond motifs is 5. The van der Waals surface area contributed by atoms with Gasteiger partial charge in [-0.2, -0.15) is 0 Å². The number of carbonyl (C=O) groups excluding carboxylic acids is 2. The molecule has 0 spiro atoms. The molecule has 4 rings (SSSR count). The fourth-order valence-electron chi connectivity index (χ4n) is 7.73. The molecule has 5 nitrogen and oxygen atoms in total. The number of ketones is 2. The second-order valence-electron chi connectivity index (χ2n) is 9.75. The zero-order chi connectivity index (χ0) is 18.7. The van der Waals surface area contributed by atoms with Gasteiger partial charge in [-0.05, 0) is 68.1 Å². The van der Waals surface area contributed by atoms with Crippen LogP contribution < -0.4 is 0 Å². The molecule has 4 fully saturated rings. The van der Waals surface area contributed by atoms with E-state index in [9.17, 15) is 24.9 Å². The van der Waals surface area contributed by atoms with E-state index in [0.717, 1.165) is 38.5 Å². The summed E-state index contributed by atoms with van der Waals surface area (Å²) in [5, 5.41) is 29.8. The maximum Gasteiger partial charge on any atom is 0.161 e. The third-order valence-corrected chi connectivity index (χ3v) is 8.90. The summed E-state index contributed by atoms with van der Waals surface area (Å²) in [7, 11) is 0. The Morgan fingerprint density at radius 3 is 2.62 bits per heavy atom. The molecule has 0 amide bonds. The van der Waals surface area contributed by atoms with Gasteiger partial charge in [-0.15, -0.1) is 0 Å². The lowest BCUT2D eigenvalue weighted by atomic mass is 9.44. The summed E-state index contributed by atoms with van der Waals surface area (Å²) in [4.78, 5) is 25.7. The maximum atomic E-state index is 13.4. The number of aliphatic hydroxyl groups is 3. The minimum Gasteiger partial charge on any atom is -0.396 e. The Labute approximate surface area is 155 Å². The first-order valence-electron chi connectivity index (χ1n) is 10.3. The molecule has 8 unspecified atom stereocenters. The van der Waals surface area contributed by atoms with Crippen LogP contribution >= 0.6 is 0 Å². The first kappa shape index (κ1) is 18.6. The normalized spacial score (nSPS) is 50.7. The molecular weight excluding hydrogens is 332 g/mol. The lowest BCUT2D eigenvalue weighted by Crippen LogP contribution is -2.59. The van der Waals surface area contributed by atoms with Crippen molar-refractivity contribution in [2.24, 2.45) is 40.4 Å². The molecule has 3 N–H and O–H groups in total. The van der Waals surface area contributed by atoms with Gasteiger partial charge in [-0.1, -0.05) is 6.92 Å². The lowest BCUT2D eigenvalue weighted by Gasteiger charge is -2.60. The average Bonchev–Trinajstić information content (AvgIpc) is 3.00. The molecule has 4 aliphatic carbocycles. The topological polar surface area (TPSA) is 94.8 Å². The Morgan fingerprint density at radius 2 is 1.92 bits per heavy atom. The monoisotopic (exact) mass is 364 g/mol. The van der Waals surface area contributed by atoms with E-state index in [0.29, 0.717) is 12.3 Å². The van der Waals surface area contributed by atoms with Gasteiger partial charge in [-0.3, -0.25) is 9.59 Å². The largest absolute Gasteiger partial charge is 0.396 e. The van der Waals surface area contributed by atoms with Crippen LogP contribution in [0.25, 0.3) is 0 Å². The molecule has 0 bridgehead atoms. The van der Waals surface area contributed by atoms with E-state index in [1.807, 2.05) is 0 Å². The molecule has 5 heteroatoms. The minimum absolute atomic E-state index is 0.00130. The van der Waals surface area contributed by atoms with Crippen LogP contribution in [0, 0.1) is 40.4 Å². The third kappa shape index (κ3) is 2.39. The second-order valence-corrected chi connectivity index (χ2v) is 9.75. The van der Waals surface area contributed by atoms with E-state index in [-0.39, 0.29) is 59.8 Å². The number of Topliss-reactive ketones (excluding diaryl/α,β-unsaturated/α-hetero) is 2. The summed E-state index contributed by atoms with van der Waals surface area (Å²) in [6.07, 6.45) is 6.03. The van der Waals surface area contributed by atoms with Gasteiger partial charge in [0.2, 0.25) is 0 Å². The summed E-state index contributed by atoms with van der Waals surface area (Å²) >= 11 is 0. The van der Waals surface area contributed by atoms with Crippen molar-refractivity contribution >= 4 is 11.6 Å². The number of hydrogen-bond donors (Lipinski definition) is 3. The van der Waals surface area contributed by atoms with E-state index in [4.69, 9.17) is 0 Å². The fraction of sp³-hybridized carbons (Fsp3) is 0.905. The van der Waals surface area contributed by atoms with Gasteiger partial charge >= 0.3 is 0 Å². The molecule has 146 valence electrons. The van der Waals surface area contributed by atoms with Crippen molar-refractivity contribution in [3.63, 3.8) is 0 Å². The Hall–Kier alpha value is -0.780. The number of rotatable bonds is 3. The fourth-order valence-corrected chi connectivity index (χ4v) is 7.73. The first-order chi connectivity index (χ1) is 12.4. The highest BCUT2D eigenvalue weighted by molar-refractivity contribution is 5.88. The summed E-state index contributed by atoms with van der Waals surface area (Å²) in [5.74, 6) is 0.439. The Balaban J connectivity index is 1.69. The molecule has 4 aliphatic rings. The molecule has 0 aromatic carbocycles. The maximum absolute atomic E-state index is 13.4. The van der Waals surface area contributed by atoms with Crippen LogP contribution in [0.1, 0.15) is 58.3 Å². The lowest BCUT2D eigenvalue weighted by molar-refractivity contribution is -0.168. The summed E-state index contributed by atoms with van der Waals surface area (Å²) in [6, 6.07) is 0. The molecule has 8 atom stereocenters. The van der Waals surface area contributed by atoms with Gasteiger partial charge in [0.1, 0.15) is 12.4 Å². The summed E-state index contributed by atoms with van der Waals surface area (Å²) < 4.78 is 0.